The van der Waals surface area contributed by atoms with E-state index in [1.54, 1.807) is 12.1 Å². The largest absolute Gasteiger partial charge is 0.306 e. The SMILES string of the molecule is O=[N+]([O-])c1ccc(CNC2CCCc3sccc32)c(Br)c1. The number of fused-ring (bicyclic) bond motifs is 1. The minimum Gasteiger partial charge on any atom is -0.306 e. The Morgan fingerprint density at radius 1 is 1.43 bits per heavy atom. The quantitative estimate of drug-likeness (QED) is 0.635. The number of thiophene rings is 1. The summed E-state index contributed by atoms with van der Waals surface area (Å²) in [6, 6.07) is 7.53. The van der Waals surface area contributed by atoms with Gasteiger partial charge in [0.25, 0.3) is 5.69 Å². The molecule has 1 unspecified atom stereocenters. The van der Waals surface area contributed by atoms with Crippen LogP contribution in [0.2, 0.25) is 0 Å². The summed E-state index contributed by atoms with van der Waals surface area (Å²) in [5, 5.41) is 16.5. The lowest BCUT2D eigenvalue weighted by Gasteiger charge is -2.24. The van der Waals surface area contributed by atoms with Gasteiger partial charge < -0.3 is 5.32 Å². The van der Waals surface area contributed by atoms with Gasteiger partial charge in [-0.05, 0) is 47.9 Å². The van der Waals surface area contributed by atoms with Crippen LogP contribution in [0.3, 0.4) is 0 Å². The first-order valence-corrected chi connectivity index (χ1v) is 8.55. The molecule has 0 amide bonds. The Morgan fingerprint density at radius 2 is 2.29 bits per heavy atom. The summed E-state index contributed by atoms with van der Waals surface area (Å²) in [6.45, 7) is 0.707. The van der Waals surface area contributed by atoms with Crippen molar-refractivity contribution in [3.05, 3.63) is 60.2 Å². The lowest BCUT2D eigenvalue weighted by Crippen LogP contribution is -2.24. The molecule has 0 saturated heterocycles. The maximum absolute atomic E-state index is 10.7. The van der Waals surface area contributed by atoms with Crippen LogP contribution in [0.5, 0.6) is 0 Å². The van der Waals surface area contributed by atoms with Crippen molar-refractivity contribution in [1.29, 1.82) is 0 Å². The number of nitrogens with one attached hydrogen (secondary N) is 1. The number of nitrogens with zero attached hydrogens (tertiary/aromatic N) is 1. The molecule has 1 aromatic heterocycles. The van der Waals surface area contributed by atoms with E-state index in [1.165, 1.54) is 23.3 Å². The Bertz CT molecular complexity index is 671. The molecule has 6 heteroatoms. The van der Waals surface area contributed by atoms with E-state index in [1.807, 2.05) is 17.4 Å². The van der Waals surface area contributed by atoms with Gasteiger partial charge in [0, 0.05) is 34.1 Å². The Hall–Kier alpha value is -1.24. The van der Waals surface area contributed by atoms with Crippen LogP contribution in [0.4, 0.5) is 5.69 Å². The number of nitro benzene ring substituents is 1. The molecule has 0 saturated carbocycles. The van der Waals surface area contributed by atoms with Crippen molar-refractivity contribution in [2.24, 2.45) is 0 Å². The van der Waals surface area contributed by atoms with Gasteiger partial charge in [0.05, 0.1) is 4.92 Å². The van der Waals surface area contributed by atoms with Gasteiger partial charge >= 0.3 is 0 Å². The predicted molar refractivity (Wildman–Crippen MR) is 87.6 cm³/mol. The second-order valence-corrected chi connectivity index (χ2v) is 7.01. The monoisotopic (exact) mass is 366 g/mol. The molecule has 2 aromatic rings. The minimum atomic E-state index is -0.374. The molecule has 1 heterocycles. The number of hydrogen-bond acceptors (Lipinski definition) is 4. The van der Waals surface area contributed by atoms with Gasteiger partial charge in [-0.2, -0.15) is 0 Å². The van der Waals surface area contributed by atoms with Gasteiger partial charge in [0.1, 0.15) is 0 Å². The Kier molecular flexibility index (Phi) is 4.37. The van der Waals surface area contributed by atoms with Crippen molar-refractivity contribution >= 4 is 33.0 Å². The Morgan fingerprint density at radius 3 is 3.05 bits per heavy atom. The molecule has 3 rings (SSSR count). The van der Waals surface area contributed by atoms with Crippen LogP contribution in [-0.2, 0) is 13.0 Å². The number of rotatable bonds is 4. The van der Waals surface area contributed by atoms with Crippen molar-refractivity contribution in [3.63, 3.8) is 0 Å². The third-order valence-corrected chi connectivity index (χ3v) is 5.57. The fourth-order valence-corrected chi connectivity index (χ4v) is 4.22. The molecule has 4 nitrogen and oxygen atoms in total. The van der Waals surface area contributed by atoms with Gasteiger partial charge in [-0.3, -0.25) is 10.1 Å². The molecular formula is C15H15BrN2O2S. The molecule has 0 fully saturated rings. The fraction of sp³-hybridized carbons (Fsp3) is 0.333. The molecule has 110 valence electrons. The van der Waals surface area contributed by atoms with Crippen molar-refractivity contribution in [1.82, 2.24) is 5.32 Å². The maximum Gasteiger partial charge on any atom is 0.270 e. The van der Waals surface area contributed by atoms with Gasteiger partial charge in [-0.1, -0.05) is 15.9 Å². The molecule has 1 aromatic carbocycles. The molecule has 1 N–H and O–H groups in total. The number of halogens is 1. The first kappa shape index (κ1) is 14.7. The van der Waals surface area contributed by atoms with E-state index in [4.69, 9.17) is 0 Å². The van der Waals surface area contributed by atoms with E-state index < -0.39 is 0 Å². The van der Waals surface area contributed by atoms with Crippen LogP contribution in [0.15, 0.2) is 34.1 Å². The fourth-order valence-electron chi connectivity index (χ4n) is 2.72. The van der Waals surface area contributed by atoms with Gasteiger partial charge in [-0.15, -0.1) is 11.3 Å². The topological polar surface area (TPSA) is 55.2 Å². The van der Waals surface area contributed by atoms with Crippen LogP contribution in [0.1, 0.15) is 34.9 Å². The number of benzene rings is 1. The van der Waals surface area contributed by atoms with Crippen molar-refractivity contribution in [2.75, 3.05) is 0 Å². The van der Waals surface area contributed by atoms with E-state index in [0.717, 1.165) is 16.5 Å². The average Bonchev–Trinajstić information content (AvgIpc) is 2.94. The Balaban J connectivity index is 1.70. The van der Waals surface area contributed by atoms with E-state index in [2.05, 4.69) is 32.7 Å². The highest BCUT2D eigenvalue weighted by molar-refractivity contribution is 9.10. The number of hydrogen-bond donors (Lipinski definition) is 1. The number of aryl methyl sites for hydroxylation is 1. The van der Waals surface area contributed by atoms with E-state index in [9.17, 15) is 10.1 Å². The first-order chi connectivity index (χ1) is 10.1. The Labute approximate surface area is 135 Å². The molecule has 1 atom stereocenters. The average molecular weight is 367 g/mol. The van der Waals surface area contributed by atoms with E-state index >= 15 is 0 Å². The summed E-state index contributed by atoms with van der Waals surface area (Å²) in [5.41, 5.74) is 2.58. The maximum atomic E-state index is 10.7. The van der Waals surface area contributed by atoms with Crippen LogP contribution in [0, 0.1) is 10.1 Å². The number of nitro groups is 1. The third-order valence-electron chi connectivity index (χ3n) is 3.84. The first-order valence-electron chi connectivity index (χ1n) is 6.87. The minimum absolute atomic E-state index is 0.114. The normalized spacial score (nSPS) is 17.5. The highest BCUT2D eigenvalue weighted by Gasteiger charge is 2.21. The van der Waals surface area contributed by atoms with E-state index in [0.29, 0.717) is 12.6 Å². The van der Waals surface area contributed by atoms with Crippen LogP contribution in [-0.4, -0.2) is 4.92 Å². The van der Waals surface area contributed by atoms with Crippen LogP contribution < -0.4 is 5.32 Å². The number of non-ortho nitro benzene ring substituents is 1. The van der Waals surface area contributed by atoms with Crippen LogP contribution in [0.25, 0.3) is 0 Å². The van der Waals surface area contributed by atoms with Crippen molar-refractivity contribution in [2.45, 2.75) is 31.8 Å². The molecular weight excluding hydrogens is 352 g/mol. The zero-order chi connectivity index (χ0) is 14.8. The molecule has 0 spiro atoms. The summed E-state index contributed by atoms with van der Waals surface area (Å²) in [4.78, 5) is 11.9. The highest BCUT2D eigenvalue weighted by atomic mass is 79.9. The summed E-state index contributed by atoms with van der Waals surface area (Å²) < 4.78 is 0.783. The van der Waals surface area contributed by atoms with Gasteiger partial charge in [0.15, 0.2) is 0 Å². The lowest BCUT2D eigenvalue weighted by molar-refractivity contribution is -0.384. The summed E-state index contributed by atoms with van der Waals surface area (Å²) in [5.74, 6) is 0. The smallest absolute Gasteiger partial charge is 0.270 e. The standard InChI is InChI=1S/C15H15BrN2O2S/c16-13-8-11(18(19)20)5-4-10(13)9-17-14-2-1-3-15-12(14)6-7-21-15/h4-8,14,17H,1-3,9H2. The van der Waals surface area contributed by atoms with Gasteiger partial charge in [0.2, 0.25) is 0 Å². The third kappa shape index (κ3) is 3.17. The predicted octanol–water partition coefficient (Wildman–Crippen LogP) is 4.59. The van der Waals surface area contributed by atoms with Crippen LogP contribution >= 0.6 is 27.3 Å². The van der Waals surface area contributed by atoms with Gasteiger partial charge in [-0.25, -0.2) is 0 Å². The molecule has 0 aliphatic heterocycles. The lowest BCUT2D eigenvalue weighted by atomic mass is 9.94. The van der Waals surface area contributed by atoms with Crippen molar-refractivity contribution in [3.8, 4) is 0 Å². The zero-order valence-electron chi connectivity index (χ0n) is 11.3. The molecule has 1 aliphatic rings. The second-order valence-electron chi connectivity index (χ2n) is 5.16. The van der Waals surface area contributed by atoms with Crippen molar-refractivity contribution < 1.29 is 4.92 Å². The molecule has 0 bridgehead atoms. The summed E-state index contributed by atoms with van der Waals surface area (Å²) in [7, 11) is 0. The molecule has 1 aliphatic carbocycles. The zero-order valence-corrected chi connectivity index (χ0v) is 13.7. The molecule has 21 heavy (non-hydrogen) atoms. The summed E-state index contributed by atoms with van der Waals surface area (Å²) >= 11 is 5.26. The second kappa shape index (κ2) is 6.25. The summed E-state index contributed by atoms with van der Waals surface area (Å²) in [6.07, 6.45) is 3.55. The van der Waals surface area contributed by atoms with E-state index in [-0.39, 0.29) is 10.6 Å². The highest BCUT2D eigenvalue weighted by Crippen LogP contribution is 2.33. The molecule has 0 radical (unpaired) electrons.